The minimum atomic E-state index is -1.20. The summed E-state index contributed by atoms with van der Waals surface area (Å²) >= 11 is 0. The third-order valence-corrected chi connectivity index (χ3v) is 8.03. The van der Waals surface area contributed by atoms with E-state index in [1.54, 1.807) is 6.92 Å². The van der Waals surface area contributed by atoms with E-state index in [9.17, 15) is 4.79 Å². The van der Waals surface area contributed by atoms with E-state index in [0.29, 0.717) is 12.8 Å². The summed E-state index contributed by atoms with van der Waals surface area (Å²) in [5.41, 5.74) is 4.42. The summed E-state index contributed by atoms with van der Waals surface area (Å²) < 4.78 is 4.45. The first-order chi connectivity index (χ1) is 15.2. The number of ketones is 1. The number of Topliss-reactive ketones (excluding diaryl/α,β-unsaturated/α-hetero) is 1. The first-order valence-electron chi connectivity index (χ1n) is 11.5. The van der Waals surface area contributed by atoms with Crippen LogP contribution < -0.4 is 0 Å². The minimum Gasteiger partial charge on any atom is -0.324 e. The van der Waals surface area contributed by atoms with Crippen molar-refractivity contribution in [3.05, 3.63) is 71.8 Å². The maximum atomic E-state index is 12.0. The molecule has 0 N–H and O–H groups in total. The van der Waals surface area contributed by atoms with Gasteiger partial charge in [-0.25, -0.2) is 0 Å². The van der Waals surface area contributed by atoms with Crippen LogP contribution >= 0.6 is 0 Å². The minimum absolute atomic E-state index is 0.140. The van der Waals surface area contributed by atoms with Crippen LogP contribution in [0.4, 0.5) is 0 Å². The van der Waals surface area contributed by atoms with Gasteiger partial charge in [-0.1, -0.05) is 86.9 Å². The second-order valence-corrected chi connectivity index (χ2v) is 14.5. The van der Waals surface area contributed by atoms with Crippen LogP contribution in [0.5, 0.6) is 0 Å². The molecule has 0 aliphatic carbocycles. The highest BCUT2D eigenvalue weighted by Gasteiger charge is 2.15. The Balaban J connectivity index is 2.21. The molecular formula is C25H38N4OSi2. The van der Waals surface area contributed by atoms with Crippen LogP contribution in [0.15, 0.2) is 70.9 Å². The van der Waals surface area contributed by atoms with Gasteiger partial charge in [0.2, 0.25) is 0 Å². The summed E-state index contributed by atoms with van der Waals surface area (Å²) in [5.74, 6) is 0.140. The Bertz CT molecular complexity index is 899. The molecule has 0 amide bonds. The van der Waals surface area contributed by atoms with Gasteiger partial charge in [0.15, 0.2) is 17.9 Å². The van der Waals surface area contributed by atoms with Gasteiger partial charge in [0.05, 0.1) is 18.8 Å². The second kappa shape index (κ2) is 13.1. The van der Waals surface area contributed by atoms with Gasteiger partial charge >= 0.3 is 0 Å². The van der Waals surface area contributed by atoms with E-state index in [0.717, 1.165) is 24.5 Å². The van der Waals surface area contributed by atoms with Crippen LogP contribution in [0, 0.1) is 0 Å². The van der Waals surface area contributed by atoms with E-state index in [4.69, 9.17) is 10.2 Å². The lowest BCUT2D eigenvalue weighted by atomic mass is 10.1. The van der Waals surface area contributed by atoms with Crippen LogP contribution in [-0.2, 0) is 17.9 Å². The zero-order chi connectivity index (χ0) is 23.5. The van der Waals surface area contributed by atoms with Gasteiger partial charge in [0.25, 0.3) is 0 Å². The Morgan fingerprint density at radius 3 is 1.56 bits per heavy atom. The lowest BCUT2D eigenvalue weighted by Gasteiger charge is -2.26. The maximum Gasteiger partial charge on any atom is 0.157 e. The molecule has 0 radical (unpaired) electrons. The van der Waals surface area contributed by atoms with E-state index in [2.05, 4.69) is 91.0 Å². The second-order valence-electron chi connectivity index (χ2n) is 8.91. The SMILES string of the molecule is CC(=O)CC(CC(C)=NN(Cc1ccccc1)[SiH](C)C)=NN(Cc1ccccc1)[SiH](C)C. The Morgan fingerprint density at radius 1 is 0.719 bits per heavy atom. The van der Waals surface area contributed by atoms with Crippen molar-refractivity contribution in [3.8, 4) is 0 Å². The molecule has 0 unspecified atom stereocenters. The van der Waals surface area contributed by atoms with Crippen molar-refractivity contribution in [2.24, 2.45) is 10.2 Å². The molecule has 0 saturated heterocycles. The molecule has 7 heteroatoms. The molecule has 172 valence electrons. The number of nitrogens with zero attached hydrogens (tertiary/aromatic N) is 4. The summed E-state index contributed by atoms with van der Waals surface area (Å²) in [7, 11) is -2.34. The van der Waals surface area contributed by atoms with Crippen LogP contribution in [0.2, 0.25) is 26.2 Å². The molecule has 0 aliphatic rings. The highest BCUT2D eigenvalue weighted by molar-refractivity contribution is 6.52. The first kappa shape index (κ1) is 25.7. The van der Waals surface area contributed by atoms with Gasteiger partial charge in [-0.3, -0.25) is 4.79 Å². The van der Waals surface area contributed by atoms with Crippen molar-refractivity contribution in [1.29, 1.82) is 0 Å². The number of hydrogen-bond acceptors (Lipinski definition) is 5. The Hall–Kier alpha value is -2.52. The van der Waals surface area contributed by atoms with Crippen molar-refractivity contribution < 1.29 is 4.79 Å². The molecule has 0 atom stereocenters. The predicted octanol–water partition coefficient (Wildman–Crippen LogP) is 5.06. The van der Waals surface area contributed by atoms with Crippen LogP contribution in [-0.4, -0.2) is 44.5 Å². The highest BCUT2D eigenvalue weighted by Crippen LogP contribution is 2.12. The average molecular weight is 467 g/mol. The zero-order valence-electron chi connectivity index (χ0n) is 20.5. The summed E-state index contributed by atoms with van der Waals surface area (Å²) in [6, 6.07) is 20.9. The molecule has 2 rings (SSSR count). The lowest BCUT2D eigenvalue weighted by molar-refractivity contribution is -0.115. The molecule has 5 nitrogen and oxygen atoms in total. The highest BCUT2D eigenvalue weighted by atomic mass is 28.3. The van der Waals surface area contributed by atoms with Crippen LogP contribution in [0.25, 0.3) is 0 Å². The smallest absolute Gasteiger partial charge is 0.157 e. The van der Waals surface area contributed by atoms with Gasteiger partial charge in [0, 0.05) is 18.6 Å². The third kappa shape index (κ3) is 9.32. The Labute approximate surface area is 197 Å². The summed E-state index contributed by atoms with van der Waals surface area (Å²) in [4.78, 5) is 12.0. The fourth-order valence-corrected chi connectivity index (χ4v) is 5.33. The summed E-state index contributed by atoms with van der Waals surface area (Å²) in [6.07, 6.45) is 0.995. The normalized spacial score (nSPS) is 12.4. The van der Waals surface area contributed by atoms with Gasteiger partial charge in [0.1, 0.15) is 5.78 Å². The molecule has 32 heavy (non-hydrogen) atoms. The van der Waals surface area contributed by atoms with Gasteiger partial charge in [-0.05, 0) is 25.0 Å². The van der Waals surface area contributed by atoms with Crippen molar-refractivity contribution in [1.82, 2.24) is 9.35 Å². The van der Waals surface area contributed by atoms with Crippen LogP contribution in [0.3, 0.4) is 0 Å². The largest absolute Gasteiger partial charge is 0.324 e. The predicted molar refractivity (Wildman–Crippen MR) is 142 cm³/mol. The molecule has 0 aliphatic heterocycles. The number of benzene rings is 2. The quantitative estimate of drug-likeness (QED) is 0.250. The summed E-state index contributed by atoms with van der Waals surface area (Å²) in [5, 5.41) is 9.96. The van der Waals surface area contributed by atoms with E-state index in [1.165, 1.54) is 11.1 Å². The van der Waals surface area contributed by atoms with Crippen molar-refractivity contribution in [3.63, 3.8) is 0 Å². The fourth-order valence-electron chi connectivity index (χ4n) is 3.36. The molecule has 0 fully saturated rings. The molecule has 0 bridgehead atoms. The number of hydrazone groups is 2. The number of carbonyl (C=O) groups excluding carboxylic acids is 1. The third-order valence-electron chi connectivity index (χ3n) is 5.05. The molecule has 0 aromatic heterocycles. The van der Waals surface area contributed by atoms with Crippen molar-refractivity contribution >= 4 is 35.1 Å². The zero-order valence-corrected chi connectivity index (χ0v) is 22.8. The van der Waals surface area contributed by atoms with Crippen molar-refractivity contribution in [2.75, 3.05) is 0 Å². The molecule has 2 aromatic carbocycles. The number of carbonyl (C=O) groups is 1. The molecule has 0 heterocycles. The van der Waals surface area contributed by atoms with E-state index in [-0.39, 0.29) is 5.78 Å². The molecule has 2 aromatic rings. The van der Waals surface area contributed by atoms with E-state index in [1.807, 2.05) is 12.1 Å². The molecule has 0 saturated carbocycles. The first-order valence-corrected chi connectivity index (χ1v) is 17.1. The molecule has 0 spiro atoms. The Kier molecular flexibility index (Phi) is 10.6. The topological polar surface area (TPSA) is 48.3 Å². The van der Waals surface area contributed by atoms with Gasteiger partial charge in [-0.2, -0.15) is 10.2 Å². The van der Waals surface area contributed by atoms with Crippen LogP contribution in [0.1, 0.15) is 37.8 Å². The van der Waals surface area contributed by atoms with Gasteiger partial charge < -0.3 is 9.35 Å². The lowest BCUT2D eigenvalue weighted by Crippen LogP contribution is -2.32. The monoisotopic (exact) mass is 466 g/mol. The van der Waals surface area contributed by atoms with Crippen molar-refractivity contribution in [2.45, 2.75) is 66.0 Å². The number of rotatable bonds is 12. The summed E-state index contributed by atoms with van der Waals surface area (Å²) in [6.45, 7) is 14.4. The fraction of sp³-hybridized carbons (Fsp3) is 0.400. The standard InChI is InChI=1S/C25H38N4OSi2/c1-21(26-28(31(3)4)19-23-13-9-7-10-14-23)17-25(18-22(2)30)27-29(32(5)6)20-24-15-11-8-12-16-24/h7-16,31-32H,17-20H2,1-6H3. The van der Waals surface area contributed by atoms with Gasteiger partial charge in [-0.15, -0.1) is 0 Å². The van der Waals surface area contributed by atoms with E-state index < -0.39 is 17.9 Å². The number of hydrogen-bond donors (Lipinski definition) is 0. The molecular weight excluding hydrogens is 428 g/mol. The van der Waals surface area contributed by atoms with E-state index >= 15 is 0 Å². The average Bonchev–Trinajstić information content (AvgIpc) is 2.73. The maximum absolute atomic E-state index is 12.0. The Morgan fingerprint density at radius 2 is 1.16 bits per heavy atom.